The Morgan fingerprint density at radius 2 is 2.12 bits per heavy atom. The van der Waals surface area contributed by atoms with Gasteiger partial charge in [0.15, 0.2) is 5.65 Å². The van der Waals surface area contributed by atoms with Gasteiger partial charge in [0, 0.05) is 12.7 Å². The maximum atomic E-state index is 12.3. The van der Waals surface area contributed by atoms with Crippen molar-refractivity contribution in [1.29, 1.82) is 0 Å². The average molecular weight is 352 g/mol. The first-order chi connectivity index (χ1) is 12.4. The summed E-state index contributed by atoms with van der Waals surface area (Å²) in [4.78, 5) is 24.0. The summed E-state index contributed by atoms with van der Waals surface area (Å²) in [5.41, 5.74) is 2.73. The number of nitrogens with one attached hydrogen (secondary N) is 2. The number of carbonyl (C=O) groups is 1. The first-order valence-corrected chi connectivity index (χ1v) is 8.79. The minimum atomic E-state index is -0.167. The van der Waals surface area contributed by atoms with Gasteiger partial charge < -0.3 is 15.0 Å². The van der Waals surface area contributed by atoms with Crippen LogP contribution in [0.5, 0.6) is 11.6 Å². The van der Waals surface area contributed by atoms with Crippen LogP contribution in [0.2, 0.25) is 0 Å². The third-order valence-corrected chi connectivity index (χ3v) is 4.06. The molecule has 2 N–H and O–H groups in total. The molecule has 3 aromatic rings. The molecular formula is C20H24N4O2. The summed E-state index contributed by atoms with van der Waals surface area (Å²) in [5, 5.41) is 2.85. The second-order valence-corrected chi connectivity index (χ2v) is 7.24. The Kier molecular flexibility index (Phi) is 4.93. The van der Waals surface area contributed by atoms with E-state index in [9.17, 15) is 4.79 Å². The Balaban J connectivity index is 1.88. The van der Waals surface area contributed by atoms with Crippen molar-refractivity contribution in [3.05, 3.63) is 47.8 Å². The van der Waals surface area contributed by atoms with Gasteiger partial charge in [-0.1, -0.05) is 39.8 Å². The standard InChI is InChI=1S/C20H24N4O2/c1-5-9-21-19(25)15-11-22-18-17(15)24-16(12-23-18)26-14-8-6-7-13(10-14)20(2,3)4/h6-8,10-12H,5,9H2,1-4H3,(H,21,25)(H,22,23). The normalized spacial score (nSPS) is 11.5. The van der Waals surface area contributed by atoms with E-state index in [0.717, 1.165) is 6.42 Å². The van der Waals surface area contributed by atoms with Crippen LogP contribution in [0.15, 0.2) is 36.7 Å². The molecule has 0 fully saturated rings. The topological polar surface area (TPSA) is 79.9 Å². The Hall–Kier alpha value is -2.89. The largest absolute Gasteiger partial charge is 0.437 e. The van der Waals surface area contributed by atoms with E-state index in [0.29, 0.717) is 34.9 Å². The van der Waals surface area contributed by atoms with Gasteiger partial charge in [0.25, 0.3) is 5.91 Å². The summed E-state index contributed by atoms with van der Waals surface area (Å²) < 4.78 is 5.89. The van der Waals surface area contributed by atoms with Gasteiger partial charge in [0.1, 0.15) is 11.3 Å². The summed E-state index contributed by atoms with van der Waals surface area (Å²) in [5.74, 6) is 0.880. The fourth-order valence-corrected chi connectivity index (χ4v) is 2.58. The van der Waals surface area contributed by atoms with Crippen LogP contribution in [-0.2, 0) is 5.41 Å². The smallest absolute Gasteiger partial charge is 0.255 e. The number of benzene rings is 1. The number of ether oxygens (including phenoxy) is 1. The van der Waals surface area contributed by atoms with Gasteiger partial charge >= 0.3 is 0 Å². The fourth-order valence-electron chi connectivity index (χ4n) is 2.58. The molecule has 1 amide bonds. The monoisotopic (exact) mass is 352 g/mol. The molecular weight excluding hydrogens is 328 g/mol. The molecule has 0 unspecified atom stereocenters. The maximum absolute atomic E-state index is 12.3. The molecule has 0 saturated heterocycles. The molecule has 136 valence electrons. The van der Waals surface area contributed by atoms with Crippen LogP contribution in [0.25, 0.3) is 11.2 Å². The molecule has 26 heavy (non-hydrogen) atoms. The highest BCUT2D eigenvalue weighted by Crippen LogP contribution is 2.28. The number of rotatable bonds is 5. The first-order valence-electron chi connectivity index (χ1n) is 8.79. The van der Waals surface area contributed by atoms with E-state index in [-0.39, 0.29) is 11.3 Å². The number of hydrogen-bond donors (Lipinski definition) is 2. The highest BCUT2D eigenvalue weighted by molar-refractivity contribution is 6.04. The van der Waals surface area contributed by atoms with Gasteiger partial charge in [-0.2, -0.15) is 0 Å². The quantitative estimate of drug-likeness (QED) is 0.721. The summed E-state index contributed by atoms with van der Waals surface area (Å²) in [6, 6.07) is 7.91. The molecule has 2 aromatic heterocycles. The van der Waals surface area contributed by atoms with E-state index in [4.69, 9.17) is 4.74 Å². The molecule has 3 rings (SSSR count). The zero-order chi connectivity index (χ0) is 18.7. The van der Waals surface area contributed by atoms with Crippen molar-refractivity contribution >= 4 is 17.1 Å². The van der Waals surface area contributed by atoms with Gasteiger partial charge in [0.05, 0.1) is 11.8 Å². The number of H-pyrrole nitrogens is 1. The maximum Gasteiger partial charge on any atom is 0.255 e. The van der Waals surface area contributed by atoms with Crippen molar-refractivity contribution in [2.75, 3.05) is 6.54 Å². The summed E-state index contributed by atoms with van der Waals surface area (Å²) in [7, 11) is 0. The van der Waals surface area contributed by atoms with Gasteiger partial charge in [-0.25, -0.2) is 9.97 Å². The summed E-state index contributed by atoms with van der Waals surface area (Å²) >= 11 is 0. The number of nitrogens with zero attached hydrogens (tertiary/aromatic N) is 2. The third kappa shape index (κ3) is 3.85. The lowest BCUT2D eigenvalue weighted by atomic mass is 9.87. The van der Waals surface area contributed by atoms with Crippen molar-refractivity contribution in [2.24, 2.45) is 0 Å². The van der Waals surface area contributed by atoms with E-state index >= 15 is 0 Å². The number of fused-ring (bicyclic) bond motifs is 1. The number of hydrogen-bond acceptors (Lipinski definition) is 4. The molecule has 0 radical (unpaired) electrons. The highest BCUT2D eigenvalue weighted by atomic mass is 16.5. The molecule has 0 aliphatic carbocycles. The summed E-state index contributed by atoms with van der Waals surface area (Å²) in [6.07, 6.45) is 4.05. The number of carbonyl (C=O) groups excluding carboxylic acids is 1. The van der Waals surface area contributed by atoms with Crippen molar-refractivity contribution in [3.63, 3.8) is 0 Å². The van der Waals surface area contributed by atoms with Crippen molar-refractivity contribution in [1.82, 2.24) is 20.3 Å². The Morgan fingerprint density at radius 3 is 2.85 bits per heavy atom. The van der Waals surface area contributed by atoms with Crippen molar-refractivity contribution in [2.45, 2.75) is 39.5 Å². The number of aromatic amines is 1. The third-order valence-electron chi connectivity index (χ3n) is 4.06. The zero-order valence-electron chi connectivity index (χ0n) is 15.6. The predicted octanol–water partition coefficient (Wildman–Crippen LogP) is 4.19. The van der Waals surface area contributed by atoms with Crippen molar-refractivity contribution < 1.29 is 9.53 Å². The zero-order valence-corrected chi connectivity index (χ0v) is 15.6. The highest BCUT2D eigenvalue weighted by Gasteiger charge is 2.16. The van der Waals surface area contributed by atoms with Crippen LogP contribution in [0.3, 0.4) is 0 Å². The Bertz CT molecular complexity index is 925. The van der Waals surface area contributed by atoms with Crippen LogP contribution >= 0.6 is 0 Å². The molecule has 0 bridgehead atoms. The van der Waals surface area contributed by atoms with Crippen LogP contribution in [0.1, 0.15) is 50.0 Å². The van der Waals surface area contributed by atoms with E-state index in [1.807, 2.05) is 25.1 Å². The summed E-state index contributed by atoms with van der Waals surface area (Å²) in [6.45, 7) is 9.08. The molecule has 0 aliphatic heterocycles. The van der Waals surface area contributed by atoms with E-state index in [1.54, 1.807) is 12.4 Å². The van der Waals surface area contributed by atoms with Gasteiger partial charge in [-0.15, -0.1) is 0 Å². The minimum Gasteiger partial charge on any atom is -0.437 e. The molecule has 2 heterocycles. The second-order valence-electron chi connectivity index (χ2n) is 7.24. The first kappa shape index (κ1) is 17.9. The van der Waals surface area contributed by atoms with Crippen LogP contribution < -0.4 is 10.1 Å². The van der Waals surface area contributed by atoms with Crippen LogP contribution in [0.4, 0.5) is 0 Å². The van der Waals surface area contributed by atoms with E-state index < -0.39 is 0 Å². The van der Waals surface area contributed by atoms with Gasteiger partial charge in [-0.05, 0) is 29.5 Å². The van der Waals surface area contributed by atoms with E-state index in [1.165, 1.54) is 5.56 Å². The fraction of sp³-hybridized carbons (Fsp3) is 0.350. The molecule has 0 atom stereocenters. The molecule has 0 spiro atoms. The molecule has 6 nitrogen and oxygen atoms in total. The van der Waals surface area contributed by atoms with Gasteiger partial charge in [-0.3, -0.25) is 4.79 Å². The lowest BCUT2D eigenvalue weighted by Gasteiger charge is -2.19. The molecule has 0 saturated carbocycles. The van der Waals surface area contributed by atoms with Crippen LogP contribution in [0, 0.1) is 0 Å². The van der Waals surface area contributed by atoms with E-state index in [2.05, 4.69) is 47.1 Å². The second kappa shape index (κ2) is 7.15. The average Bonchev–Trinajstić information content (AvgIpc) is 3.02. The lowest BCUT2D eigenvalue weighted by Crippen LogP contribution is -2.23. The molecule has 1 aromatic carbocycles. The Labute approximate surface area is 153 Å². The van der Waals surface area contributed by atoms with Gasteiger partial charge in [0.2, 0.25) is 5.88 Å². The minimum absolute atomic E-state index is 0.0280. The molecule has 0 aliphatic rings. The number of amides is 1. The predicted molar refractivity (Wildman–Crippen MR) is 102 cm³/mol. The molecule has 6 heteroatoms. The SMILES string of the molecule is CCCNC(=O)c1c[nH]c2ncc(Oc3cccc(C(C)(C)C)c3)nc12. The van der Waals surface area contributed by atoms with Crippen LogP contribution in [-0.4, -0.2) is 27.4 Å². The Morgan fingerprint density at radius 1 is 1.31 bits per heavy atom. The lowest BCUT2D eigenvalue weighted by molar-refractivity contribution is 0.0955. The number of aromatic nitrogens is 3. The van der Waals surface area contributed by atoms with Crippen molar-refractivity contribution in [3.8, 4) is 11.6 Å².